The van der Waals surface area contributed by atoms with Crippen molar-refractivity contribution in [1.82, 2.24) is 15.7 Å². The highest BCUT2D eigenvalue weighted by Gasteiger charge is 2.29. The first kappa shape index (κ1) is 24.4. The molecule has 2 aromatic carbocycles. The Hall–Kier alpha value is -3.34. The first-order valence-electron chi connectivity index (χ1n) is 12.6. The van der Waals surface area contributed by atoms with E-state index < -0.39 is 0 Å². The summed E-state index contributed by atoms with van der Waals surface area (Å²) in [4.78, 5) is 4.22. The van der Waals surface area contributed by atoms with Crippen LogP contribution >= 0.6 is 11.8 Å². The van der Waals surface area contributed by atoms with Crippen molar-refractivity contribution in [2.45, 2.75) is 57.1 Å². The largest absolute Gasteiger partial charge is 0.490 e. The molecule has 2 N–H and O–H groups in total. The molecule has 0 fully saturated rings. The molecule has 0 saturated heterocycles. The standard InChI is InChI=1S/C29H31N5OS/c1-19(2)35-27-12-11-21(16-22(27)17-30)28-33-34-29(36-28)25-9-3-8-24-23(25)7-4-10-26(24)32-15-13-20-6-5-14-31-18-20/h3,5-6,8-9,11-12,14,16,18-19,26,29,32,34H,4,7,10,13,15H2,1-2H3. The second kappa shape index (κ2) is 11.2. The van der Waals surface area contributed by atoms with Gasteiger partial charge in [0.1, 0.15) is 22.2 Å². The highest BCUT2D eigenvalue weighted by atomic mass is 32.2. The van der Waals surface area contributed by atoms with Gasteiger partial charge in [0, 0.05) is 24.0 Å². The van der Waals surface area contributed by atoms with E-state index >= 15 is 0 Å². The number of rotatable bonds is 8. The van der Waals surface area contributed by atoms with Crippen LogP contribution in [0.15, 0.2) is 66.0 Å². The van der Waals surface area contributed by atoms with Gasteiger partial charge in [0.05, 0.1) is 11.7 Å². The van der Waals surface area contributed by atoms with Crippen LogP contribution in [0.3, 0.4) is 0 Å². The van der Waals surface area contributed by atoms with E-state index in [2.05, 4.69) is 51.2 Å². The molecule has 2 aliphatic rings. The highest BCUT2D eigenvalue weighted by molar-refractivity contribution is 8.14. The maximum atomic E-state index is 9.61. The second-order valence-corrected chi connectivity index (χ2v) is 10.6. The van der Waals surface area contributed by atoms with Gasteiger partial charge in [-0.05, 0) is 92.6 Å². The van der Waals surface area contributed by atoms with Crippen LogP contribution in [0, 0.1) is 11.3 Å². The predicted octanol–water partition coefficient (Wildman–Crippen LogP) is 5.65. The second-order valence-electron chi connectivity index (χ2n) is 9.46. The number of nitrogens with one attached hydrogen (secondary N) is 2. The third kappa shape index (κ3) is 5.40. The third-order valence-corrected chi connectivity index (χ3v) is 7.72. The van der Waals surface area contributed by atoms with E-state index in [1.807, 2.05) is 50.5 Å². The Bertz CT molecular complexity index is 1280. The quantitative estimate of drug-likeness (QED) is 0.419. The lowest BCUT2D eigenvalue weighted by atomic mass is 9.84. The Morgan fingerprint density at radius 3 is 2.89 bits per heavy atom. The molecule has 7 heteroatoms. The molecule has 1 aliphatic carbocycles. The van der Waals surface area contributed by atoms with Crippen LogP contribution in [0.2, 0.25) is 0 Å². The molecule has 3 aromatic rings. The van der Waals surface area contributed by atoms with Gasteiger partial charge in [0.15, 0.2) is 0 Å². The summed E-state index contributed by atoms with van der Waals surface area (Å²) in [6, 6.07) is 19.1. The van der Waals surface area contributed by atoms with Gasteiger partial charge in [-0.25, -0.2) is 0 Å². The summed E-state index contributed by atoms with van der Waals surface area (Å²) in [6.45, 7) is 4.85. The summed E-state index contributed by atoms with van der Waals surface area (Å²) < 4.78 is 5.78. The molecule has 36 heavy (non-hydrogen) atoms. The van der Waals surface area contributed by atoms with Gasteiger partial charge in [0.25, 0.3) is 0 Å². The monoisotopic (exact) mass is 497 g/mol. The number of pyridine rings is 1. The van der Waals surface area contributed by atoms with E-state index in [4.69, 9.17) is 4.74 Å². The zero-order valence-electron chi connectivity index (χ0n) is 20.7. The van der Waals surface area contributed by atoms with Crippen LogP contribution in [0.25, 0.3) is 0 Å². The Balaban J connectivity index is 1.29. The van der Waals surface area contributed by atoms with Gasteiger partial charge < -0.3 is 10.1 Å². The average Bonchev–Trinajstić information content (AvgIpc) is 3.39. The molecule has 1 aromatic heterocycles. The summed E-state index contributed by atoms with van der Waals surface area (Å²) in [5.74, 6) is 0.614. The Kier molecular flexibility index (Phi) is 7.55. The smallest absolute Gasteiger partial charge is 0.137 e. The van der Waals surface area contributed by atoms with Crippen molar-refractivity contribution < 1.29 is 4.74 Å². The molecule has 0 radical (unpaired) electrons. The van der Waals surface area contributed by atoms with Crippen molar-refractivity contribution >= 4 is 16.8 Å². The minimum Gasteiger partial charge on any atom is -0.490 e. The number of nitriles is 1. The fraction of sp³-hybridized carbons (Fsp3) is 0.345. The molecule has 0 amide bonds. The number of hydrogen-bond donors (Lipinski definition) is 2. The minimum absolute atomic E-state index is 0.0186. The van der Waals surface area contributed by atoms with E-state index in [1.54, 1.807) is 11.8 Å². The van der Waals surface area contributed by atoms with E-state index in [0.717, 1.165) is 36.4 Å². The van der Waals surface area contributed by atoms with Gasteiger partial charge in [0.2, 0.25) is 0 Å². The molecular formula is C29H31N5OS. The number of ether oxygens (including phenoxy) is 1. The Labute approximate surface area is 217 Å². The number of nitrogens with zero attached hydrogens (tertiary/aromatic N) is 3. The van der Waals surface area contributed by atoms with E-state index in [0.29, 0.717) is 17.4 Å². The van der Waals surface area contributed by atoms with E-state index in [1.165, 1.54) is 28.7 Å². The summed E-state index contributed by atoms with van der Waals surface area (Å²) in [6.07, 6.45) is 8.16. The summed E-state index contributed by atoms with van der Waals surface area (Å²) in [5.41, 5.74) is 10.2. The van der Waals surface area contributed by atoms with Crippen molar-refractivity contribution in [1.29, 1.82) is 5.26 Å². The molecule has 2 unspecified atom stereocenters. The number of aromatic nitrogens is 1. The van der Waals surface area contributed by atoms with Crippen molar-refractivity contribution in [2.75, 3.05) is 6.54 Å². The lowest BCUT2D eigenvalue weighted by molar-refractivity contribution is 0.241. The van der Waals surface area contributed by atoms with E-state index in [-0.39, 0.29) is 11.5 Å². The number of fused-ring (bicyclic) bond motifs is 1. The Morgan fingerprint density at radius 2 is 2.08 bits per heavy atom. The number of hydrogen-bond acceptors (Lipinski definition) is 7. The predicted molar refractivity (Wildman–Crippen MR) is 145 cm³/mol. The number of hydrazone groups is 1. The third-order valence-electron chi connectivity index (χ3n) is 6.58. The van der Waals surface area contributed by atoms with Crippen molar-refractivity contribution in [3.63, 3.8) is 0 Å². The van der Waals surface area contributed by atoms with Crippen LogP contribution in [0.4, 0.5) is 0 Å². The topological polar surface area (TPSA) is 82.3 Å². The SMILES string of the molecule is CC(C)Oc1ccc(C2=NNC(c3cccc4c3CCCC4NCCc3cccnc3)S2)cc1C#N. The fourth-order valence-corrected chi connectivity index (χ4v) is 5.97. The zero-order valence-corrected chi connectivity index (χ0v) is 21.5. The van der Waals surface area contributed by atoms with Crippen molar-refractivity contribution in [3.05, 3.63) is 94.3 Å². The van der Waals surface area contributed by atoms with Crippen molar-refractivity contribution in [3.8, 4) is 11.8 Å². The van der Waals surface area contributed by atoms with Crippen LogP contribution in [-0.4, -0.2) is 22.7 Å². The van der Waals surface area contributed by atoms with Crippen molar-refractivity contribution in [2.24, 2.45) is 5.10 Å². The number of thioether (sulfide) groups is 1. The van der Waals surface area contributed by atoms with Crippen LogP contribution < -0.4 is 15.5 Å². The number of benzene rings is 2. The molecule has 0 spiro atoms. The van der Waals surface area contributed by atoms with Crippen LogP contribution in [-0.2, 0) is 12.8 Å². The van der Waals surface area contributed by atoms with Gasteiger partial charge in [-0.15, -0.1) is 0 Å². The maximum Gasteiger partial charge on any atom is 0.137 e. The van der Waals surface area contributed by atoms with Crippen LogP contribution in [0.1, 0.15) is 71.5 Å². The first-order valence-corrected chi connectivity index (χ1v) is 13.5. The summed E-state index contributed by atoms with van der Waals surface area (Å²) in [7, 11) is 0. The molecule has 0 bridgehead atoms. The van der Waals surface area contributed by atoms with Crippen LogP contribution in [0.5, 0.6) is 5.75 Å². The van der Waals surface area contributed by atoms with Gasteiger partial charge >= 0.3 is 0 Å². The molecule has 5 rings (SSSR count). The van der Waals surface area contributed by atoms with E-state index in [9.17, 15) is 5.26 Å². The van der Waals surface area contributed by atoms with Gasteiger partial charge in [-0.2, -0.15) is 10.4 Å². The average molecular weight is 498 g/mol. The molecule has 0 saturated carbocycles. The Morgan fingerprint density at radius 1 is 1.19 bits per heavy atom. The molecular weight excluding hydrogens is 466 g/mol. The normalized spacial score (nSPS) is 18.8. The molecule has 2 atom stereocenters. The zero-order chi connectivity index (χ0) is 24.9. The molecule has 184 valence electrons. The summed E-state index contributed by atoms with van der Waals surface area (Å²) >= 11 is 1.71. The maximum absolute atomic E-state index is 9.61. The fourth-order valence-electron chi connectivity index (χ4n) is 4.93. The minimum atomic E-state index is 0.0186. The van der Waals surface area contributed by atoms with Gasteiger partial charge in [-0.1, -0.05) is 36.0 Å². The lowest BCUT2D eigenvalue weighted by Gasteiger charge is -2.29. The summed E-state index contributed by atoms with van der Waals surface area (Å²) in [5, 5.41) is 19.0. The highest BCUT2D eigenvalue weighted by Crippen LogP contribution is 2.41. The molecule has 6 nitrogen and oxygen atoms in total. The molecule has 2 heterocycles. The molecule has 1 aliphatic heterocycles. The van der Waals surface area contributed by atoms with Gasteiger partial charge in [-0.3, -0.25) is 10.4 Å². The lowest BCUT2D eigenvalue weighted by Crippen LogP contribution is -2.28. The first-order chi connectivity index (χ1) is 17.6.